The van der Waals surface area contributed by atoms with Crippen LogP contribution < -0.4 is 5.73 Å². The molecule has 2 N–H and O–H groups in total. The molecular weight excluding hydrogens is 198 g/mol. The van der Waals surface area contributed by atoms with Gasteiger partial charge in [0, 0.05) is 19.1 Å². The molecule has 0 heterocycles. The van der Waals surface area contributed by atoms with E-state index in [9.17, 15) is 0 Å². The summed E-state index contributed by atoms with van der Waals surface area (Å²) in [6, 6.07) is 7.61. The molecule has 0 atom stereocenters. The van der Waals surface area contributed by atoms with Crippen LogP contribution in [0.4, 0.5) is 0 Å². The Morgan fingerprint density at radius 3 is 2.64 bits per heavy atom. The smallest absolute Gasteiger partial charge is 0.191 e. The van der Waals surface area contributed by atoms with E-state index in [0.717, 1.165) is 10.6 Å². The molecule has 0 saturated carbocycles. The molecule has 0 aliphatic rings. The van der Waals surface area contributed by atoms with Crippen LogP contribution >= 0.6 is 11.6 Å². The van der Waals surface area contributed by atoms with Crippen LogP contribution in [0.3, 0.4) is 0 Å². The zero-order chi connectivity index (χ0) is 10.6. The fourth-order valence-electron chi connectivity index (χ4n) is 0.934. The SMILES string of the molecule is CN(C)C(N)=NCc1ccccc1Cl. The molecule has 0 aliphatic carbocycles. The van der Waals surface area contributed by atoms with Gasteiger partial charge in [-0.1, -0.05) is 29.8 Å². The molecule has 0 unspecified atom stereocenters. The van der Waals surface area contributed by atoms with Crippen molar-refractivity contribution in [2.75, 3.05) is 14.1 Å². The number of halogens is 1. The highest BCUT2D eigenvalue weighted by molar-refractivity contribution is 6.31. The van der Waals surface area contributed by atoms with Gasteiger partial charge in [0.2, 0.25) is 0 Å². The number of benzene rings is 1. The molecule has 0 fully saturated rings. The van der Waals surface area contributed by atoms with Crippen LogP contribution in [0, 0.1) is 0 Å². The van der Waals surface area contributed by atoms with Gasteiger partial charge in [0.05, 0.1) is 6.54 Å². The topological polar surface area (TPSA) is 41.6 Å². The van der Waals surface area contributed by atoms with Crippen molar-refractivity contribution in [3.63, 3.8) is 0 Å². The van der Waals surface area contributed by atoms with Crippen molar-refractivity contribution < 1.29 is 0 Å². The summed E-state index contributed by atoms with van der Waals surface area (Å²) in [7, 11) is 3.71. The van der Waals surface area contributed by atoms with Gasteiger partial charge < -0.3 is 10.6 Å². The largest absolute Gasteiger partial charge is 0.370 e. The van der Waals surface area contributed by atoms with E-state index >= 15 is 0 Å². The monoisotopic (exact) mass is 211 g/mol. The van der Waals surface area contributed by atoms with Crippen molar-refractivity contribution in [3.8, 4) is 0 Å². The first-order chi connectivity index (χ1) is 6.61. The van der Waals surface area contributed by atoms with E-state index in [0.29, 0.717) is 12.5 Å². The van der Waals surface area contributed by atoms with Crippen molar-refractivity contribution in [2.45, 2.75) is 6.54 Å². The molecule has 0 aliphatic heterocycles. The Morgan fingerprint density at radius 1 is 1.43 bits per heavy atom. The number of guanidine groups is 1. The maximum absolute atomic E-state index is 5.96. The minimum absolute atomic E-state index is 0.505. The van der Waals surface area contributed by atoms with Crippen LogP contribution in [0.2, 0.25) is 5.02 Å². The van der Waals surface area contributed by atoms with Crippen LogP contribution in [0.15, 0.2) is 29.3 Å². The summed E-state index contributed by atoms with van der Waals surface area (Å²) in [6.07, 6.45) is 0. The lowest BCUT2D eigenvalue weighted by molar-refractivity contribution is 0.609. The Balaban J connectivity index is 2.71. The van der Waals surface area contributed by atoms with Gasteiger partial charge in [-0.25, -0.2) is 4.99 Å². The maximum atomic E-state index is 5.96. The molecule has 0 bridgehead atoms. The van der Waals surface area contributed by atoms with E-state index in [2.05, 4.69) is 4.99 Å². The summed E-state index contributed by atoms with van der Waals surface area (Å²) in [6.45, 7) is 0.518. The molecule has 1 rings (SSSR count). The van der Waals surface area contributed by atoms with Gasteiger partial charge in [0.15, 0.2) is 5.96 Å². The predicted molar refractivity (Wildman–Crippen MR) is 60.5 cm³/mol. The lowest BCUT2D eigenvalue weighted by Gasteiger charge is -2.10. The first-order valence-corrected chi connectivity index (χ1v) is 4.69. The normalized spacial score (nSPS) is 11.5. The fourth-order valence-corrected chi connectivity index (χ4v) is 1.13. The van der Waals surface area contributed by atoms with E-state index < -0.39 is 0 Å². The highest BCUT2D eigenvalue weighted by Crippen LogP contribution is 2.15. The van der Waals surface area contributed by atoms with Gasteiger partial charge in [-0.05, 0) is 11.6 Å². The summed E-state index contributed by atoms with van der Waals surface area (Å²) >= 11 is 5.96. The van der Waals surface area contributed by atoms with E-state index in [1.54, 1.807) is 4.90 Å². The second kappa shape index (κ2) is 4.86. The molecule has 14 heavy (non-hydrogen) atoms. The first-order valence-electron chi connectivity index (χ1n) is 4.32. The third kappa shape index (κ3) is 2.92. The maximum Gasteiger partial charge on any atom is 0.191 e. The summed E-state index contributed by atoms with van der Waals surface area (Å²) in [5, 5.41) is 0.725. The van der Waals surface area contributed by atoms with Crippen molar-refractivity contribution in [2.24, 2.45) is 10.7 Å². The second-order valence-electron chi connectivity index (χ2n) is 3.16. The zero-order valence-corrected chi connectivity index (χ0v) is 9.12. The van der Waals surface area contributed by atoms with E-state index in [1.165, 1.54) is 0 Å². The molecule has 76 valence electrons. The van der Waals surface area contributed by atoms with Crippen molar-refractivity contribution >= 4 is 17.6 Å². The third-order valence-electron chi connectivity index (χ3n) is 1.83. The fraction of sp³-hybridized carbons (Fsp3) is 0.300. The highest BCUT2D eigenvalue weighted by Gasteiger charge is 1.98. The second-order valence-corrected chi connectivity index (χ2v) is 3.57. The molecule has 0 spiro atoms. The number of hydrogen-bond acceptors (Lipinski definition) is 1. The van der Waals surface area contributed by atoms with Gasteiger partial charge >= 0.3 is 0 Å². The van der Waals surface area contributed by atoms with Crippen LogP contribution in [-0.2, 0) is 6.54 Å². The number of nitrogens with zero attached hydrogens (tertiary/aromatic N) is 2. The lowest BCUT2D eigenvalue weighted by atomic mass is 10.2. The molecule has 4 heteroatoms. The average Bonchev–Trinajstić information content (AvgIpc) is 2.16. The Kier molecular flexibility index (Phi) is 3.77. The Labute approximate surface area is 89.2 Å². The standard InChI is InChI=1S/C10H14ClN3/c1-14(2)10(12)13-7-8-5-3-4-6-9(8)11/h3-6H,7H2,1-2H3,(H2,12,13). The van der Waals surface area contributed by atoms with Crippen molar-refractivity contribution in [3.05, 3.63) is 34.9 Å². The quantitative estimate of drug-likeness (QED) is 0.598. The first kappa shape index (κ1) is 10.9. The van der Waals surface area contributed by atoms with E-state index in [4.69, 9.17) is 17.3 Å². The number of hydrogen-bond donors (Lipinski definition) is 1. The van der Waals surface area contributed by atoms with Crippen molar-refractivity contribution in [1.29, 1.82) is 0 Å². The highest BCUT2D eigenvalue weighted by atomic mass is 35.5. The molecule has 0 saturated heterocycles. The number of nitrogens with two attached hydrogens (primary N) is 1. The van der Waals surface area contributed by atoms with Gasteiger partial charge in [0.25, 0.3) is 0 Å². The predicted octanol–water partition coefficient (Wildman–Crippen LogP) is 1.72. The molecule has 0 amide bonds. The van der Waals surface area contributed by atoms with Crippen molar-refractivity contribution in [1.82, 2.24) is 4.90 Å². The minimum atomic E-state index is 0.505. The molecule has 3 nitrogen and oxygen atoms in total. The van der Waals surface area contributed by atoms with Gasteiger partial charge in [-0.3, -0.25) is 0 Å². The van der Waals surface area contributed by atoms with Gasteiger partial charge in [-0.15, -0.1) is 0 Å². The van der Waals surface area contributed by atoms with Gasteiger partial charge in [-0.2, -0.15) is 0 Å². The van der Waals surface area contributed by atoms with E-state index in [-0.39, 0.29) is 0 Å². The zero-order valence-electron chi connectivity index (χ0n) is 8.37. The van der Waals surface area contributed by atoms with Crippen LogP contribution in [0.1, 0.15) is 5.56 Å². The van der Waals surface area contributed by atoms with E-state index in [1.807, 2.05) is 38.4 Å². The van der Waals surface area contributed by atoms with Crippen LogP contribution in [-0.4, -0.2) is 25.0 Å². The Bertz CT molecular complexity index is 334. The molecule has 0 radical (unpaired) electrons. The minimum Gasteiger partial charge on any atom is -0.370 e. The molecule has 0 aromatic heterocycles. The molecule has 1 aromatic rings. The summed E-state index contributed by atoms with van der Waals surface area (Å²) in [5.41, 5.74) is 6.63. The Morgan fingerprint density at radius 2 is 2.07 bits per heavy atom. The lowest BCUT2D eigenvalue weighted by Crippen LogP contribution is -2.30. The number of aliphatic imine (C=N–C) groups is 1. The Hall–Kier alpha value is -1.22. The van der Waals surface area contributed by atoms with Crippen LogP contribution in [0.25, 0.3) is 0 Å². The summed E-state index contributed by atoms with van der Waals surface area (Å²) < 4.78 is 0. The summed E-state index contributed by atoms with van der Waals surface area (Å²) in [5.74, 6) is 0.505. The van der Waals surface area contributed by atoms with Crippen LogP contribution in [0.5, 0.6) is 0 Å². The molecular formula is C10H14ClN3. The summed E-state index contributed by atoms with van der Waals surface area (Å²) in [4.78, 5) is 5.95. The van der Waals surface area contributed by atoms with Gasteiger partial charge in [0.1, 0.15) is 0 Å². The average molecular weight is 212 g/mol. The molecule has 1 aromatic carbocycles. The third-order valence-corrected chi connectivity index (χ3v) is 2.20. The number of rotatable bonds is 2.